The number of nitrogens with zero attached hydrogens (tertiary/aromatic N) is 1. The lowest BCUT2D eigenvalue weighted by Gasteiger charge is -2.34. The minimum absolute atomic E-state index is 0.527. The summed E-state index contributed by atoms with van der Waals surface area (Å²) in [6.45, 7) is 7.03. The molecule has 0 unspecified atom stereocenters. The molecule has 0 amide bonds. The molecule has 0 N–H and O–H groups in total. The van der Waals surface area contributed by atoms with Gasteiger partial charge in [0.15, 0.2) is 6.20 Å². The van der Waals surface area contributed by atoms with Crippen LogP contribution in [0, 0.1) is 12.3 Å². The summed E-state index contributed by atoms with van der Waals surface area (Å²) in [6, 6.07) is 18.1. The monoisotopic (exact) mass is 344 g/mol. The number of aryl methyl sites for hydroxylation is 2. The van der Waals surface area contributed by atoms with Gasteiger partial charge in [-0.3, -0.25) is 0 Å². The van der Waals surface area contributed by atoms with Gasteiger partial charge in [-0.2, -0.15) is 0 Å². The Morgan fingerprint density at radius 3 is 2.42 bits per heavy atom. The van der Waals surface area contributed by atoms with Gasteiger partial charge in [-0.1, -0.05) is 44.2 Å². The molecule has 1 fully saturated rings. The van der Waals surface area contributed by atoms with Crippen LogP contribution < -0.4 is 4.57 Å². The summed E-state index contributed by atoms with van der Waals surface area (Å²) in [6.07, 6.45) is 7.53. The van der Waals surface area contributed by atoms with Crippen LogP contribution in [-0.4, -0.2) is 0 Å². The van der Waals surface area contributed by atoms with Crippen molar-refractivity contribution in [2.45, 2.75) is 52.4 Å². The van der Waals surface area contributed by atoms with Crippen molar-refractivity contribution < 1.29 is 4.57 Å². The van der Waals surface area contributed by atoms with Gasteiger partial charge in [0, 0.05) is 11.6 Å². The predicted molar refractivity (Wildman–Crippen MR) is 110 cm³/mol. The molecule has 1 aromatic heterocycles. The zero-order valence-corrected chi connectivity index (χ0v) is 16.5. The molecule has 0 saturated heterocycles. The first-order valence-electron chi connectivity index (χ1n) is 9.93. The summed E-state index contributed by atoms with van der Waals surface area (Å²) in [5, 5.41) is 2.72. The second-order valence-corrected chi connectivity index (χ2v) is 8.88. The van der Waals surface area contributed by atoms with Crippen LogP contribution in [0.5, 0.6) is 0 Å². The molecule has 0 aliphatic heterocycles. The van der Waals surface area contributed by atoms with E-state index in [0.717, 1.165) is 5.92 Å². The first kappa shape index (κ1) is 17.3. The molecule has 1 aliphatic rings. The molecule has 3 aromatic rings. The fourth-order valence-corrected chi connectivity index (χ4v) is 4.55. The molecule has 26 heavy (non-hydrogen) atoms. The Morgan fingerprint density at radius 1 is 0.962 bits per heavy atom. The summed E-state index contributed by atoms with van der Waals surface area (Å²) < 4.78 is 2.26. The van der Waals surface area contributed by atoms with Crippen molar-refractivity contribution in [2.24, 2.45) is 12.5 Å². The Balaban J connectivity index is 1.77. The van der Waals surface area contributed by atoms with Crippen molar-refractivity contribution in [3.05, 3.63) is 65.9 Å². The molecule has 1 aliphatic carbocycles. The van der Waals surface area contributed by atoms with Crippen molar-refractivity contribution in [1.29, 1.82) is 0 Å². The molecule has 1 heterocycles. The van der Waals surface area contributed by atoms with E-state index in [1.54, 1.807) is 0 Å². The number of pyridine rings is 1. The van der Waals surface area contributed by atoms with Gasteiger partial charge in [-0.15, -0.1) is 0 Å². The normalized spacial score (nSPS) is 17.5. The van der Waals surface area contributed by atoms with Gasteiger partial charge in [0.1, 0.15) is 7.05 Å². The highest BCUT2D eigenvalue weighted by Gasteiger charge is 2.28. The number of aromatic nitrogens is 1. The quantitative estimate of drug-likeness (QED) is 0.479. The van der Waals surface area contributed by atoms with Crippen molar-refractivity contribution in [3.63, 3.8) is 0 Å². The van der Waals surface area contributed by atoms with Crippen LogP contribution in [0.25, 0.3) is 22.0 Å². The van der Waals surface area contributed by atoms with Crippen LogP contribution in [0.15, 0.2) is 54.7 Å². The molecule has 0 atom stereocenters. The van der Waals surface area contributed by atoms with Crippen LogP contribution in [0.2, 0.25) is 0 Å². The Hall–Kier alpha value is -2.15. The minimum atomic E-state index is 0.527. The molecular formula is C25H30N+. The largest absolute Gasteiger partial charge is 0.220 e. The van der Waals surface area contributed by atoms with E-state index in [4.69, 9.17) is 0 Å². The van der Waals surface area contributed by atoms with Gasteiger partial charge in [0.2, 0.25) is 5.69 Å². The fourth-order valence-electron chi connectivity index (χ4n) is 4.55. The van der Waals surface area contributed by atoms with Crippen LogP contribution in [0.3, 0.4) is 0 Å². The third kappa shape index (κ3) is 3.16. The maximum absolute atomic E-state index is 2.44. The Labute approximate surface area is 157 Å². The van der Waals surface area contributed by atoms with Crippen LogP contribution >= 0.6 is 0 Å². The smallest absolute Gasteiger partial charge is 0.200 e. The number of hydrogen-bond acceptors (Lipinski definition) is 0. The Bertz CT molecular complexity index is 942. The number of hydrogen-bond donors (Lipinski definition) is 0. The highest BCUT2D eigenvalue weighted by Crippen LogP contribution is 2.43. The molecule has 0 spiro atoms. The molecule has 1 saturated carbocycles. The maximum Gasteiger partial charge on any atom is 0.220 e. The summed E-state index contributed by atoms with van der Waals surface area (Å²) in [5.41, 5.74) is 6.02. The summed E-state index contributed by atoms with van der Waals surface area (Å²) >= 11 is 0. The van der Waals surface area contributed by atoms with Gasteiger partial charge in [0.25, 0.3) is 0 Å². The van der Waals surface area contributed by atoms with Crippen molar-refractivity contribution in [1.82, 2.24) is 0 Å². The maximum atomic E-state index is 2.44. The zero-order chi connectivity index (χ0) is 18.3. The van der Waals surface area contributed by atoms with E-state index in [-0.39, 0.29) is 0 Å². The van der Waals surface area contributed by atoms with E-state index < -0.39 is 0 Å². The van der Waals surface area contributed by atoms with Gasteiger partial charge in [0.05, 0.1) is 5.39 Å². The molecule has 1 heteroatoms. The fraction of sp³-hybridized carbons (Fsp3) is 0.400. The molecular weight excluding hydrogens is 314 g/mol. The molecule has 0 radical (unpaired) electrons. The Morgan fingerprint density at radius 2 is 1.69 bits per heavy atom. The van der Waals surface area contributed by atoms with E-state index in [1.165, 1.54) is 58.8 Å². The molecule has 0 bridgehead atoms. The number of fused-ring (bicyclic) bond motifs is 1. The predicted octanol–water partition coefficient (Wildman–Crippen LogP) is 6.32. The SMILES string of the molecule is Cc1ccccc1-c1c2ccc(C3CCC(C)(C)CC3)cc2cc[n+]1C. The van der Waals surface area contributed by atoms with E-state index in [9.17, 15) is 0 Å². The average molecular weight is 345 g/mol. The summed E-state index contributed by atoms with van der Waals surface area (Å²) in [4.78, 5) is 0. The van der Waals surface area contributed by atoms with Gasteiger partial charge < -0.3 is 0 Å². The van der Waals surface area contributed by atoms with Gasteiger partial charge in [-0.05, 0) is 72.6 Å². The van der Waals surface area contributed by atoms with Crippen LogP contribution in [-0.2, 0) is 7.05 Å². The van der Waals surface area contributed by atoms with Crippen molar-refractivity contribution in [2.75, 3.05) is 0 Å². The molecule has 134 valence electrons. The summed E-state index contributed by atoms with van der Waals surface area (Å²) in [5.74, 6) is 0.725. The van der Waals surface area contributed by atoms with Crippen LogP contribution in [0.4, 0.5) is 0 Å². The number of benzene rings is 2. The van der Waals surface area contributed by atoms with Gasteiger partial charge in [-0.25, -0.2) is 4.57 Å². The minimum Gasteiger partial charge on any atom is -0.200 e. The van der Waals surface area contributed by atoms with Crippen molar-refractivity contribution in [3.8, 4) is 11.3 Å². The lowest BCUT2D eigenvalue weighted by Crippen LogP contribution is -2.30. The number of rotatable bonds is 2. The van der Waals surface area contributed by atoms with Crippen LogP contribution in [0.1, 0.15) is 56.6 Å². The average Bonchev–Trinajstić information content (AvgIpc) is 2.62. The highest BCUT2D eigenvalue weighted by molar-refractivity contribution is 5.94. The first-order valence-corrected chi connectivity index (χ1v) is 9.93. The second-order valence-electron chi connectivity index (χ2n) is 8.88. The molecule has 2 aromatic carbocycles. The second kappa shape index (κ2) is 6.54. The van der Waals surface area contributed by atoms with Gasteiger partial charge >= 0.3 is 0 Å². The van der Waals surface area contributed by atoms with E-state index >= 15 is 0 Å². The third-order valence-corrected chi connectivity index (χ3v) is 6.37. The van der Waals surface area contributed by atoms with E-state index in [1.807, 2.05) is 0 Å². The zero-order valence-electron chi connectivity index (χ0n) is 16.5. The first-order chi connectivity index (χ1) is 12.4. The lowest BCUT2D eigenvalue weighted by atomic mass is 9.71. The summed E-state index contributed by atoms with van der Waals surface area (Å²) in [7, 11) is 2.15. The molecule has 4 rings (SSSR count). The topological polar surface area (TPSA) is 3.88 Å². The third-order valence-electron chi connectivity index (χ3n) is 6.37. The highest BCUT2D eigenvalue weighted by atomic mass is 14.9. The lowest BCUT2D eigenvalue weighted by molar-refractivity contribution is -0.659. The van der Waals surface area contributed by atoms with Crippen molar-refractivity contribution >= 4 is 10.8 Å². The standard InChI is InChI=1S/C25H30N/c1-18-7-5-6-8-22(18)24-23-10-9-20(17-21(23)13-16-26(24)4)19-11-14-25(2,3)15-12-19/h5-10,13,16-17,19H,11-12,14-15H2,1-4H3/q+1. The Kier molecular flexibility index (Phi) is 4.34. The van der Waals surface area contributed by atoms with E-state index in [2.05, 4.69) is 87.1 Å². The molecule has 1 nitrogen and oxygen atoms in total. The van der Waals surface area contributed by atoms with E-state index in [0.29, 0.717) is 5.41 Å².